The van der Waals surface area contributed by atoms with Gasteiger partial charge in [0.25, 0.3) is 0 Å². The molecule has 2 aromatic rings. The standard InChI is InChI=1S/C19H20O5/c1-22-17-8-4-14-5-9-19(21)23-12-15(20)10-13-2-6-16(7-3-13)24-18(17)11-14/h2-4,6-8,11,15,20H,5,9-10,12H2,1H3. The maximum atomic E-state index is 11.8. The summed E-state index contributed by atoms with van der Waals surface area (Å²) in [5.74, 6) is 1.60. The van der Waals surface area contributed by atoms with Gasteiger partial charge < -0.3 is 19.3 Å². The Morgan fingerprint density at radius 1 is 1.08 bits per heavy atom. The quantitative estimate of drug-likeness (QED) is 0.816. The van der Waals surface area contributed by atoms with Crippen molar-refractivity contribution in [3.05, 3.63) is 53.6 Å². The van der Waals surface area contributed by atoms with Crippen LogP contribution in [0, 0.1) is 0 Å². The van der Waals surface area contributed by atoms with E-state index >= 15 is 0 Å². The van der Waals surface area contributed by atoms with E-state index in [1.54, 1.807) is 7.11 Å². The highest BCUT2D eigenvalue weighted by Gasteiger charge is 2.13. The third-order valence-corrected chi connectivity index (χ3v) is 3.91. The molecule has 4 bridgehead atoms. The molecule has 5 heteroatoms. The molecule has 0 saturated carbocycles. The van der Waals surface area contributed by atoms with Crippen LogP contribution in [0.25, 0.3) is 0 Å². The number of rotatable bonds is 1. The lowest BCUT2D eigenvalue weighted by molar-refractivity contribution is -0.146. The van der Waals surface area contributed by atoms with Crippen molar-refractivity contribution in [3.8, 4) is 17.2 Å². The second-order valence-electron chi connectivity index (χ2n) is 5.77. The third kappa shape index (κ3) is 4.06. The van der Waals surface area contributed by atoms with E-state index in [0.29, 0.717) is 30.1 Å². The van der Waals surface area contributed by atoms with E-state index in [-0.39, 0.29) is 19.0 Å². The number of aliphatic hydroxyl groups is 1. The largest absolute Gasteiger partial charge is 0.493 e. The summed E-state index contributed by atoms with van der Waals surface area (Å²) in [5, 5.41) is 9.98. The van der Waals surface area contributed by atoms with Gasteiger partial charge in [-0.3, -0.25) is 4.79 Å². The molecule has 4 rings (SSSR count). The molecule has 1 unspecified atom stereocenters. The Morgan fingerprint density at radius 2 is 1.83 bits per heavy atom. The topological polar surface area (TPSA) is 65.0 Å². The molecule has 0 fully saturated rings. The Kier molecular flexibility index (Phi) is 5.01. The van der Waals surface area contributed by atoms with Gasteiger partial charge in [0.1, 0.15) is 12.4 Å². The highest BCUT2D eigenvalue weighted by Crippen LogP contribution is 2.33. The Balaban J connectivity index is 1.92. The number of benzene rings is 2. The second-order valence-corrected chi connectivity index (χ2v) is 5.77. The fraction of sp³-hybridized carbons (Fsp3) is 0.316. The lowest BCUT2D eigenvalue weighted by Crippen LogP contribution is -2.21. The van der Waals surface area contributed by atoms with Crippen LogP contribution in [0.3, 0.4) is 0 Å². The minimum Gasteiger partial charge on any atom is -0.493 e. The molecule has 0 aliphatic carbocycles. The maximum Gasteiger partial charge on any atom is 0.306 e. The summed E-state index contributed by atoms with van der Waals surface area (Å²) in [6.07, 6.45) is 0.493. The maximum absolute atomic E-state index is 11.8. The second kappa shape index (κ2) is 7.36. The van der Waals surface area contributed by atoms with Gasteiger partial charge in [-0.15, -0.1) is 0 Å². The number of carbonyl (C=O) groups excluding carboxylic acids is 1. The SMILES string of the molecule is COc1ccc2cc1Oc1ccc(cc1)CC(O)COC(=O)CC2. The molecule has 2 heterocycles. The van der Waals surface area contributed by atoms with Gasteiger partial charge in [0.15, 0.2) is 11.5 Å². The van der Waals surface area contributed by atoms with Crippen molar-refractivity contribution in [2.75, 3.05) is 13.7 Å². The monoisotopic (exact) mass is 328 g/mol. The first kappa shape index (κ1) is 16.3. The summed E-state index contributed by atoms with van der Waals surface area (Å²) in [4.78, 5) is 11.8. The van der Waals surface area contributed by atoms with Crippen LogP contribution in [0.15, 0.2) is 42.5 Å². The van der Waals surface area contributed by atoms with Crippen LogP contribution < -0.4 is 9.47 Å². The zero-order valence-electron chi connectivity index (χ0n) is 13.5. The summed E-state index contributed by atoms with van der Waals surface area (Å²) in [7, 11) is 1.59. The predicted molar refractivity (Wildman–Crippen MR) is 88.5 cm³/mol. The number of carbonyl (C=O) groups is 1. The predicted octanol–water partition coefficient (Wildman–Crippen LogP) is 2.88. The molecule has 2 aromatic carbocycles. The van der Waals surface area contributed by atoms with Crippen molar-refractivity contribution in [2.24, 2.45) is 0 Å². The number of hydrogen-bond donors (Lipinski definition) is 1. The highest BCUT2D eigenvalue weighted by molar-refractivity contribution is 5.69. The van der Waals surface area contributed by atoms with E-state index in [0.717, 1.165) is 11.1 Å². The number of ether oxygens (including phenoxy) is 3. The third-order valence-electron chi connectivity index (χ3n) is 3.91. The number of hydrogen-bond acceptors (Lipinski definition) is 5. The molecular formula is C19H20O5. The molecule has 5 nitrogen and oxygen atoms in total. The van der Waals surface area contributed by atoms with Crippen molar-refractivity contribution < 1.29 is 24.1 Å². The summed E-state index contributed by atoms with van der Waals surface area (Å²) in [5.41, 5.74) is 1.90. The number of aliphatic hydroxyl groups excluding tert-OH is 1. The van der Waals surface area contributed by atoms with Gasteiger partial charge in [0, 0.05) is 12.8 Å². The smallest absolute Gasteiger partial charge is 0.306 e. The average molecular weight is 328 g/mol. The fourth-order valence-electron chi connectivity index (χ4n) is 2.62. The van der Waals surface area contributed by atoms with Crippen LogP contribution in [-0.4, -0.2) is 30.9 Å². The van der Waals surface area contributed by atoms with Crippen molar-refractivity contribution >= 4 is 5.97 Å². The highest BCUT2D eigenvalue weighted by atomic mass is 16.5. The molecular weight excluding hydrogens is 308 g/mol. The first-order valence-corrected chi connectivity index (χ1v) is 7.91. The van der Waals surface area contributed by atoms with Crippen LogP contribution in [0.1, 0.15) is 17.5 Å². The van der Waals surface area contributed by atoms with E-state index in [1.165, 1.54) is 0 Å². The van der Waals surface area contributed by atoms with Crippen molar-refractivity contribution in [1.29, 1.82) is 0 Å². The molecule has 0 saturated heterocycles. The lowest BCUT2D eigenvalue weighted by atomic mass is 10.1. The molecule has 1 atom stereocenters. The molecule has 0 amide bonds. The van der Waals surface area contributed by atoms with Crippen LogP contribution in [0.5, 0.6) is 17.2 Å². The van der Waals surface area contributed by atoms with Gasteiger partial charge in [-0.05, 0) is 41.8 Å². The molecule has 0 radical (unpaired) electrons. The molecule has 1 N–H and O–H groups in total. The number of esters is 1. The van der Waals surface area contributed by atoms with Crippen molar-refractivity contribution in [2.45, 2.75) is 25.4 Å². The zero-order chi connectivity index (χ0) is 16.9. The van der Waals surface area contributed by atoms with Gasteiger partial charge in [0.05, 0.1) is 13.2 Å². The van der Waals surface area contributed by atoms with E-state index in [2.05, 4.69) is 0 Å². The summed E-state index contributed by atoms with van der Waals surface area (Å²) >= 11 is 0. The Hall–Kier alpha value is -2.53. The number of fused-ring (bicyclic) bond motifs is 8. The Bertz CT molecular complexity index is 708. The Labute approximate surface area is 140 Å². The van der Waals surface area contributed by atoms with E-state index < -0.39 is 6.10 Å². The van der Waals surface area contributed by atoms with E-state index in [1.807, 2.05) is 42.5 Å². The average Bonchev–Trinajstić information content (AvgIpc) is 2.60. The Morgan fingerprint density at radius 3 is 2.58 bits per heavy atom. The molecule has 2 aliphatic rings. The van der Waals surface area contributed by atoms with Gasteiger partial charge >= 0.3 is 5.97 Å². The molecule has 2 aliphatic heterocycles. The minimum absolute atomic E-state index is 0.00491. The molecule has 24 heavy (non-hydrogen) atoms. The van der Waals surface area contributed by atoms with E-state index in [9.17, 15) is 9.90 Å². The first-order chi connectivity index (χ1) is 11.6. The van der Waals surface area contributed by atoms with Crippen LogP contribution in [0.2, 0.25) is 0 Å². The van der Waals surface area contributed by atoms with Crippen molar-refractivity contribution in [3.63, 3.8) is 0 Å². The summed E-state index contributed by atoms with van der Waals surface area (Å²) in [6.45, 7) is 0.00491. The van der Waals surface area contributed by atoms with Crippen molar-refractivity contribution in [1.82, 2.24) is 0 Å². The molecule has 126 valence electrons. The van der Waals surface area contributed by atoms with Gasteiger partial charge in [-0.25, -0.2) is 0 Å². The zero-order valence-corrected chi connectivity index (χ0v) is 13.5. The van der Waals surface area contributed by atoms with Gasteiger partial charge in [0.2, 0.25) is 0 Å². The lowest BCUT2D eigenvalue weighted by Gasteiger charge is -2.12. The van der Waals surface area contributed by atoms with E-state index in [4.69, 9.17) is 14.2 Å². The first-order valence-electron chi connectivity index (χ1n) is 7.91. The summed E-state index contributed by atoms with van der Waals surface area (Å²) in [6, 6.07) is 13.1. The number of methoxy groups -OCH3 is 1. The van der Waals surface area contributed by atoms with Crippen LogP contribution in [0.4, 0.5) is 0 Å². The fourth-order valence-corrected chi connectivity index (χ4v) is 2.62. The van der Waals surface area contributed by atoms with Gasteiger partial charge in [-0.1, -0.05) is 18.2 Å². The minimum atomic E-state index is -0.716. The van der Waals surface area contributed by atoms with Crippen LogP contribution in [-0.2, 0) is 22.4 Å². The normalized spacial score (nSPS) is 18.1. The van der Waals surface area contributed by atoms with Crippen LogP contribution >= 0.6 is 0 Å². The summed E-state index contributed by atoms with van der Waals surface area (Å²) < 4.78 is 16.4. The molecule has 0 aromatic heterocycles. The molecule has 0 spiro atoms. The van der Waals surface area contributed by atoms with Gasteiger partial charge in [-0.2, -0.15) is 0 Å². The number of aryl methyl sites for hydroxylation is 1.